The van der Waals surface area contributed by atoms with Crippen LogP contribution in [-0.2, 0) is 14.8 Å². The number of hydrogen-bond acceptors (Lipinski definition) is 4. The van der Waals surface area contributed by atoms with Gasteiger partial charge in [-0.2, -0.15) is 4.31 Å². The zero-order valence-electron chi connectivity index (χ0n) is 15.8. The lowest BCUT2D eigenvalue weighted by Crippen LogP contribution is -2.41. The van der Waals surface area contributed by atoms with Gasteiger partial charge in [0.25, 0.3) is 0 Å². The van der Waals surface area contributed by atoms with Gasteiger partial charge >= 0.3 is 0 Å². The number of anilines is 1. The van der Waals surface area contributed by atoms with Crippen molar-refractivity contribution < 1.29 is 17.9 Å². The van der Waals surface area contributed by atoms with Gasteiger partial charge in [0.05, 0.1) is 12.0 Å². The van der Waals surface area contributed by atoms with E-state index < -0.39 is 10.0 Å². The van der Waals surface area contributed by atoms with Crippen LogP contribution in [0.1, 0.15) is 18.4 Å². The molecule has 0 atom stereocenters. The Bertz CT molecular complexity index is 953. The summed E-state index contributed by atoms with van der Waals surface area (Å²) in [6.45, 7) is 2.46. The fraction of sp³-hybridized carbons (Fsp3) is 0.350. The molecule has 0 unspecified atom stereocenters. The molecule has 1 amide bonds. The van der Waals surface area contributed by atoms with E-state index in [0.717, 1.165) is 5.56 Å². The Morgan fingerprint density at radius 1 is 1.14 bits per heavy atom. The Morgan fingerprint density at radius 3 is 2.39 bits per heavy atom. The van der Waals surface area contributed by atoms with Gasteiger partial charge in [-0.15, -0.1) is 0 Å². The third kappa shape index (κ3) is 4.32. The van der Waals surface area contributed by atoms with Crippen molar-refractivity contribution in [1.29, 1.82) is 0 Å². The van der Waals surface area contributed by atoms with Crippen LogP contribution in [0.3, 0.4) is 0 Å². The van der Waals surface area contributed by atoms with Crippen LogP contribution < -0.4 is 10.1 Å². The first-order valence-electron chi connectivity index (χ1n) is 9.03. The molecule has 0 aliphatic carbocycles. The highest BCUT2D eigenvalue weighted by molar-refractivity contribution is 7.89. The van der Waals surface area contributed by atoms with Gasteiger partial charge in [-0.1, -0.05) is 17.7 Å². The smallest absolute Gasteiger partial charge is 0.243 e. The highest BCUT2D eigenvalue weighted by Gasteiger charge is 2.32. The fourth-order valence-electron chi connectivity index (χ4n) is 3.23. The summed E-state index contributed by atoms with van der Waals surface area (Å²) in [4.78, 5) is 12.8. The molecule has 0 bridgehead atoms. The Hall–Kier alpha value is -2.09. The third-order valence-electron chi connectivity index (χ3n) is 5.05. The molecule has 6 nitrogen and oxygen atoms in total. The van der Waals surface area contributed by atoms with E-state index in [0.29, 0.717) is 42.4 Å². The number of ether oxygens (including phenoxy) is 1. The molecule has 28 heavy (non-hydrogen) atoms. The number of sulfonamides is 1. The second-order valence-electron chi connectivity index (χ2n) is 6.76. The lowest BCUT2D eigenvalue weighted by molar-refractivity contribution is -0.120. The SMILES string of the molecule is COc1ccc(S(=O)(=O)N2CCC(C(=O)Nc3cccc(Cl)c3C)CC2)cc1. The quantitative estimate of drug-likeness (QED) is 0.797. The first-order valence-corrected chi connectivity index (χ1v) is 10.8. The van der Waals surface area contributed by atoms with Crippen molar-refractivity contribution in [2.45, 2.75) is 24.7 Å². The summed E-state index contributed by atoms with van der Waals surface area (Å²) < 4.78 is 32.1. The molecule has 2 aromatic rings. The van der Waals surface area contributed by atoms with Gasteiger partial charge in [-0.25, -0.2) is 8.42 Å². The number of carbonyl (C=O) groups is 1. The van der Waals surface area contributed by atoms with Crippen LogP contribution in [-0.4, -0.2) is 38.8 Å². The van der Waals surface area contributed by atoms with Gasteiger partial charge in [0.15, 0.2) is 0 Å². The standard InChI is InChI=1S/C20H23ClN2O4S/c1-14-18(21)4-3-5-19(14)22-20(24)15-10-12-23(13-11-15)28(25,26)17-8-6-16(27-2)7-9-17/h3-9,15H,10-13H2,1-2H3,(H,22,24). The van der Waals surface area contributed by atoms with E-state index in [2.05, 4.69) is 5.32 Å². The van der Waals surface area contributed by atoms with Crippen molar-refractivity contribution in [2.75, 3.05) is 25.5 Å². The summed E-state index contributed by atoms with van der Waals surface area (Å²) >= 11 is 6.10. The van der Waals surface area contributed by atoms with Crippen LogP contribution in [0.4, 0.5) is 5.69 Å². The topological polar surface area (TPSA) is 75.7 Å². The largest absolute Gasteiger partial charge is 0.497 e. The molecule has 1 aliphatic heterocycles. The molecule has 0 spiro atoms. The third-order valence-corrected chi connectivity index (χ3v) is 7.37. The molecule has 1 aliphatic rings. The molecule has 1 heterocycles. The molecule has 0 radical (unpaired) electrons. The zero-order chi connectivity index (χ0) is 20.3. The van der Waals surface area contributed by atoms with Crippen LogP contribution in [0, 0.1) is 12.8 Å². The van der Waals surface area contributed by atoms with E-state index in [1.54, 1.807) is 24.3 Å². The predicted octanol–water partition coefficient (Wildman–Crippen LogP) is 3.70. The van der Waals surface area contributed by atoms with Crippen LogP contribution in [0.5, 0.6) is 5.75 Å². The van der Waals surface area contributed by atoms with Crippen molar-refractivity contribution in [2.24, 2.45) is 5.92 Å². The maximum atomic E-state index is 12.8. The molecule has 0 aromatic heterocycles. The molecule has 1 N–H and O–H groups in total. The van der Waals surface area contributed by atoms with Crippen molar-refractivity contribution in [1.82, 2.24) is 4.31 Å². The van der Waals surface area contributed by atoms with E-state index in [1.807, 2.05) is 13.0 Å². The number of benzene rings is 2. The Morgan fingerprint density at radius 2 is 1.79 bits per heavy atom. The molecule has 2 aromatic carbocycles. The minimum Gasteiger partial charge on any atom is -0.497 e. The Kier molecular flexibility index (Phi) is 6.27. The molecular weight excluding hydrogens is 400 g/mol. The van der Waals surface area contributed by atoms with Crippen molar-refractivity contribution in [3.8, 4) is 5.75 Å². The van der Waals surface area contributed by atoms with E-state index in [9.17, 15) is 13.2 Å². The molecule has 8 heteroatoms. The summed E-state index contributed by atoms with van der Waals surface area (Å²) in [5, 5.41) is 3.51. The van der Waals surface area contributed by atoms with E-state index in [4.69, 9.17) is 16.3 Å². The van der Waals surface area contributed by atoms with Gasteiger partial charge in [0, 0.05) is 29.7 Å². The average molecular weight is 423 g/mol. The summed E-state index contributed by atoms with van der Waals surface area (Å²) in [6, 6.07) is 11.7. The number of piperidine rings is 1. The second-order valence-corrected chi connectivity index (χ2v) is 9.10. The van der Waals surface area contributed by atoms with Gasteiger partial charge in [0.1, 0.15) is 5.75 Å². The molecule has 1 fully saturated rings. The summed E-state index contributed by atoms with van der Waals surface area (Å²) in [5.41, 5.74) is 1.50. The van der Waals surface area contributed by atoms with Crippen LogP contribution in [0.2, 0.25) is 5.02 Å². The van der Waals surface area contributed by atoms with E-state index >= 15 is 0 Å². The highest BCUT2D eigenvalue weighted by Crippen LogP contribution is 2.27. The Labute approximate surface area is 170 Å². The maximum absolute atomic E-state index is 12.8. The minimum absolute atomic E-state index is 0.105. The number of nitrogens with one attached hydrogen (secondary N) is 1. The van der Waals surface area contributed by atoms with Gasteiger partial charge in [-0.3, -0.25) is 4.79 Å². The first kappa shape index (κ1) is 20.6. The summed E-state index contributed by atoms with van der Waals surface area (Å²) in [7, 11) is -2.05. The van der Waals surface area contributed by atoms with Gasteiger partial charge < -0.3 is 10.1 Å². The average Bonchev–Trinajstić information content (AvgIpc) is 2.71. The second kappa shape index (κ2) is 8.51. The van der Waals surface area contributed by atoms with Crippen LogP contribution >= 0.6 is 11.6 Å². The monoisotopic (exact) mass is 422 g/mol. The van der Waals surface area contributed by atoms with E-state index in [1.165, 1.54) is 23.5 Å². The first-order chi connectivity index (χ1) is 13.3. The van der Waals surface area contributed by atoms with Crippen LogP contribution in [0.25, 0.3) is 0 Å². The number of halogens is 1. The minimum atomic E-state index is -3.58. The normalized spacial score (nSPS) is 16.0. The molecular formula is C20H23ClN2O4S. The fourth-order valence-corrected chi connectivity index (χ4v) is 4.88. The molecule has 150 valence electrons. The lowest BCUT2D eigenvalue weighted by Gasteiger charge is -2.30. The molecule has 1 saturated heterocycles. The summed E-state index contributed by atoms with van der Waals surface area (Å²) in [6.07, 6.45) is 0.946. The molecule has 0 saturated carbocycles. The van der Waals surface area contributed by atoms with Gasteiger partial charge in [-0.05, 0) is 61.7 Å². The van der Waals surface area contributed by atoms with Crippen molar-refractivity contribution in [3.05, 3.63) is 53.1 Å². The lowest BCUT2D eigenvalue weighted by atomic mass is 9.97. The van der Waals surface area contributed by atoms with Crippen LogP contribution in [0.15, 0.2) is 47.4 Å². The predicted molar refractivity (Wildman–Crippen MR) is 109 cm³/mol. The molecule has 3 rings (SSSR count). The van der Waals surface area contributed by atoms with E-state index in [-0.39, 0.29) is 16.7 Å². The number of amides is 1. The summed E-state index contributed by atoms with van der Waals surface area (Å²) in [5.74, 6) is 0.262. The number of methoxy groups -OCH3 is 1. The maximum Gasteiger partial charge on any atom is 0.243 e. The van der Waals surface area contributed by atoms with Crippen molar-refractivity contribution in [3.63, 3.8) is 0 Å². The highest BCUT2D eigenvalue weighted by atomic mass is 35.5. The number of carbonyl (C=O) groups excluding carboxylic acids is 1. The Balaban J connectivity index is 1.63. The van der Waals surface area contributed by atoms with Gasteiger partial charge in [0.2, 0.25) is 15.9 Å². The number of rotatable bonds is 5. The van der Waals surface area contributed by atoms with Crippen molar-refractivity contribution >= 4 is 33.2 Å². The number of hydrogen-bond donors (Lipinski definition) is 1. The zero-order valence-corrected chi connectivity index (χ0v) is 17.4. The number of nitrogens with zero attached hydrogens (tertiary/aromatic N) is 1.